The van der Waals surface area contributed by atoms with Crippen molar-refractivity contribution in [2.75, 3.05) is 32.1 Å². The van der Waals surface area contributed by atoms with Gasteiger partial charge in [-0.15, -0.1) is 0 Å². The van der Waals surface area contributed by atoms with Crippen LogP contribution >= 0.6 is 11.3 Å². The van der Waals surface area contributed by atoms with Gasteiger partial charge in [0.15, 0.2) is 5.13 Å². The number of aryl methyl sites for hydroxylation is 1. The Kier molecular flexibility index (Phi) is 5.60. The zero-order valence-corrected chi connectivity index (χ0v) is 17.9. The second-order valence-corrected chi connectivity index (χ2v) is 8.60. The van der Waals surface area contributed by atoms with Crippen molar-refractivity contribution in [3.05, 3.63) is 71.8 Å². The molecule has 5 heteroatoms. The van der Waals surface area contributed by atoms with Gasteiger partial charge in [-0.1, -0.05) is 53.8 Å². The highest BCUT2D eigenvalue weighted by molar-refractivity contribution is 7.22. The lowest BCUT2D eigenvalue weighted by Crippen LogP contribution is -2.33. The molecule has 0 aliphatic rings. The van der Waals surface area contributed by atoms with Gasteiger partial charge in [0.05, 0.1) is 10.2 Å². The molecule has 0 saturated carbocycles. The molecule has 1 amide bonds. The van der Waals surface area contributed by atoms with E-state index in [0.717, 1.165) is 44.6 Å². The van der Waals surface area contributed by atoms with Crippen LogP contribution in [-0.4, -0.2) is 43.0 Å². The van der Waals surface area contributed by atoms with Gasteiger partial charge in [0.2, 0.25) is 0 Å². The molecule has 148 valence electrons. The van der Waals surface area contributed by atoms with Crippen LogP contribution in [-0.2, 0) is 0 Å². The highest BCUT2D eigenvalue weighted by Crippen LogP contribution is 2.31. The zero-order valence-electron chi connectivity index (χ0n) is 17.1. The monoisotopic (exact) mass is 403 g/mol. The first-order valence-electron chi connectivity index (χ1n) is 9.84. The number of para-hydroxylation sites is 1. The smallest absolute Gasteiger partial charge is 0.260 e. The van der Waals surface area contributed by atoms with E-state index in [9.17, 15) is 4.79 Å². The van der Waals surface area contributed by atoms with Gasteiger partial charge in [0.1, 0.15) is 0 Å². The van der Waals surface area contributed by atoms with E-state index >= 15 is 0 Å². The molecule has 4 rings (SSSR count). The number of amides is 1. The standard InChI is InChI=1S/C24H25N3OS/c1-17-8-6-11-21-22(17)25-24(29-21)27(15-7-14-26(2)3)23(28)20-13-12-18-9-4-5-10-19(18)16-20/h4-6,8-13,16H,7,14-15H2,1-3H3. The normalized spacial score (nSPS) is 11.4. The van der Waals surface area contributed by atoms with E-state index in [1.54, 1.807) is 11.3 Å². The van der Waals surface area contributed by atoms with Crippen LogP contribution in [0.4, 0.5) is 5.13 Å². The van der Waals surface area contributed by atoms with Crippen molar-refractivity contribution in [1.82, 2.24) is 9.88 Å². The van der Waals surface area contributed by atoms with Gasteiger partial charge in [0.25, 0.3) is 5.91 Å². The summed E-state index contributed by atoms with van der Waals surface area (Å²) in [4.78, 5) is 22.3. The Bertz CT molecular complexity index is 1170. The van der Waals surface area contributed by atoms with Crippen molar-refractivity contribution in [2.24, 2.45) is 0 Å². The van der Waals surface area contributed by atoms with Crippen LogP contribution in [0.2, 0.25) is 0 Å². The number of fused-ring (bicyclic) bond motifs is 2. The Morgan fingerprint density at radius 3 is 2.52 bits per heavy atom. The van der Waals surface area contributed by atoms with Gasteiger partial charge in [-0.2, -0.15) is 0 Å². The number of rotatable bonds is 6. The van der Waals surface area contributed by atoms with Crippen LogP contribution in [0.25, 0.3) is 21.0 Å². The van der Waals surface area contributed by atoms with Crippen molar-refractivity contribution >= 4 is 43.4 Å². The molecule has 0 spiro atoms. The first-order valence-corrected chi connectivity index (χ1v) is 10.7. The minimum Gasteiger partial charge on any atom is -0.309 e. The largest absolute Gasteiger partial charge is 0.309 e. The van der Waals surface area contributed by atoms with E-state index in [1.165, 1.54) is 0 Å². The molecule has 4 aromatic rings. The zero-order chi connectivity index (χ0) is 20.4. The summed E-state index contributed by atoms with van der Waals surface area (Å²) in [6, 6.07) is 20.2. The average Bonchev–Trinajstić information content (AvgIpc) is 3.15. The minimum atomic E-state index is 0.00576. The number of thiazole rings is 1. The van der Waals surface area contributed by atoms with Gasteiger partial charge in [-0.05, 0) is 68.5 Å². The summed E-state index contributed by atoms with van der Waals surface area (Å²) in [7, 11) is 4.10. The molecular weight excluding hydrogens is 378 g/mol. The maximum absolute atomic E-state index is 13.5. The lowest BCUT2D eigenvalue weighted by atomic mass is 10.1. The molecule has 1 aromatic heterocycles. The number of hydrogen-bond donors (Lipinski definition) is 0. The Hall–Kier alpha value is -2.76. The number of carbonyl (C=O) groups is 1. The highest BCUT2D eigenvalue weighted by Gasteiger charge is 2.21. The summed E-state index contributed by atoms with van der Waals surface area (Å²) in [5, 5.41) is 2.98. The van der Waals surface area contributed by atoms with Crippen molar-refractivity contribution in [2.45, 2.75) is 13.3 Å². The first-order chi connectivity index (χ1) is 14.0. The van der Waals surface area contributed by atoms with Gasteiger partial charge < -0.3 is 4.90 Å². The summed E-state index contributed by atoms with van der Waals surface area (Å²) in [5.41, 5.74) is 2.82. The van der Waals surface area contributed by atoms with E-state index in [4.69, 9.17) is 4.98 Å². The van der Waals surface area contributed by atoms with Crippen LogP contribution in [0.3, 0.4) is 0 Å². The maximum Gasteiger partial charge on any atom is 0.260 e. The molecule has 0 fully saturated rings. The van der Waals surface area contributed by atoms with Crippen LogP contribution in [0.5, 0.6) is 0 Å². The molecule has 1 heterocycles. The van der Waals surface area contributed by atoms with Crippen molar-refractivity contribution in [3.8, 4) is 0 Å². The number of hydrogen-bond acceptors (Lipinski definition) is 4. The van der Waals surface area contributed by atoms with E-state index in [2.05, 4.69) is 44.1 Å². The molecule has 4 nitrogen and oxygen atoms in total. The van der Waals surface area contributed by atoms with E-state index in [0.29, 0.717) is 12.1 Å². The predicted octanol–water partition coefficient (Wildman–Crippen LogP) is 5.36. The first kappa shape index (κ1) is 19.6. The van der Waals surface area contributed by atoms with Gasteiger partial charge in [-0.25, -0.2) is 4.98 Å². The lowest BCUT2D eigenvalue weighted by molar-refractivity contribution is 0.0986. The van der Waals surface area contributed by atoms with Crippen LogP contribution < -0.4 is 4.90 Å². The molecule has 0 radical (unpaired) electrons. The fourth-order valence-corrected chi connectivity index (χ4v) is 4.57. The van der Waals surface area contributed by atoms with E-state index in [1.807, 2.05) is 47.4 Å². The fraction of sp³-hybridized carbons (Fsp3) is 0.250. The number of aromatic nitrogens is 1. The van der Waals surface area contributed by atoms with Crippen molar-refractivity contribution in [1.29, 1.82) is 0 Å². The van der Waals surface area contributed by atoms with Crippen LogP contribution in [0, 0.1) is 6.92 Å². The molecule has 3 aromatic carbocycles. The number of nitrogens with zero attached hydrogens (tertiary/aromatic N) is 3. The van der Waals surface area contributed by atoms with Gasteiger partial charge in [0, 0.05) is 12.1 Å². The number of benzene rings is 3. The Labute approximate surface area is 175 Å². The Balaban J connectivity index is 1.71. The molecule has 29 heavy (non-hydrogen) atoms. The molecule has 0 atom stereocenters. The fourth-order valence-electron chi connectivity index (χ4n) is 3.50. The molecular formula is C24H25N3OS. The van der Waals surface area contributed by atoms with E-state index in [-0.39, 0.29) is 5.91 Å². The summed E-state index contributed by atoms with van der Waals surface area (Å²) in [6.45, 7) is 3.63. The topological polar surface area (TPSA) is 36.4 Å². The number of anilines is 1. The van der Waals surface area contributed by atoms with Crippen molar-refractivity contribution < 1.29 is 4.79 Å². The molecule has 0 unspecified atom stereocenters. The van der Waals surface area contributed by atoms with Crippen LogP contribution in [0.15, 0.2) is 60.7 Å². The Morgan fingerprint density at radius 2 is 1.76 bits per heavy atom. The molecule has 0 saturated heterocycles. The summed E-state index contributed by atoms with van der Waals surface area (Å²) in [5.74, 6) is 0.00576. The third kappa shape index (κ3) is 4.16. The van der Waals surface area contributed by atoms with Gasteiger partial charge in [-0.3, -0.25) is 9.69 Å². The summed E-state index contributed by atoms with van der Waals surface area (Å²) < 4.78 is 1.11. The SMILES string of the molecule is Cc1cccc2sc(N(CCCN(C)C)C(=O)c3ccc4ccccc4c3)nc12. The van der Waals surface area contributed by atoms with Crippen molar-refractivity contribution in [3.63, 3.8) is 0 Å². The molecule has 0 bridgehead atoms. The highest BCUT2D eigenvalue weighted by atomic mass is 32.1. The number of carbonyl (C=O) groups excluding carboxylic acids is 1. The van der Waals surface area contributed by atoms with E-state index < -0.39 is 0 Å². The second-order valence-electron chi connectivity index (χ2n) is 7.59. The third-order valence-corrected chi connectivity index (χ3v) is 6.11. The second kappa shape index (κ2) is 8.31. The lowest BCUT2D eigenvalue weighted by Gasteiger charge is -2.21. The summed E-state index contributed by atoms with van der Waals surface area (Å²) in [6.07, 6.45) is 0.890. The maximum atomic E-state index is 13.5. The molecule has 0 aliphatic heterocycles. The average molecular weight is 404 g/mol. The molecule has 0 aliphatic carbocycles. The Morgan fingerprint density at radius 1 is 0.966 bits per heavy atom. The third-order valence-electron chi connectivity index (χ3n) is 5.07. The molecule has 0 N–H and O–H groups in total. The minimum absolute atomic E-state index is 0.00576. The van der Waals surface area contributed by atoms with Crippen LogP contribution in [0.1, 0.15) is 22.3 Å². The quantitative estimate of drug-likeness (QED) is 0.435. The summed E-state index contributed by atoms with van der Waals surface area (Å²) >= 11 is 1.59. The predicted molar refractivity (Wildman–Crippen MR) is 123 cm³/mol. The van der Waals surface area contributed by atoms with Gasteiger partial charge >= 0.3 is 0 Å².